The van der Waals surface area contributed by atoms with E-state index in [2.05, 4.69) is 17.0 Å². The minimum absolute atomic E-state index is 0.147. The summed E-state index contributed by atoms with van der Waals surface area (Å²) < 4.78 is 26.3. The lowest BCUT2D eigenvalue weighted by atomic mass is 10.1. The van der Waals surface area contributed by atoms with Gasteiger partial charge in [0.2, 0.25) is 15.9 Å². The minimum Gasteiger partial charge on any atom is -0.341 e. The normalized spacial score (nSPS) is 26.6. The van der Waals surface area contributed by atoms with Gasteiger partial charge in [0.25, 0.3) is 5.91 Å². The summed E-state index contributed by atoms with van der Waals surface area (Å²) in [7, 11) is -3.61. The Morgan fingerprint density at radius 2 is 1.96 bits per heavy atom. The van der Waals surface area contributed by atoms with E-state index in [0.717, 1.165) is 19.3 Å². The van der Waals surface area contributed by atoms with Gasteiger partial charge < -0.3 is 5.32 Å². The maximum atomic E-state index is 12.6. The summed E-state index contributed by atoms with van der Waals surface area (Å²) >= 11 is 0. The van der Waals surface area contributed by atoms with Crippen LogP contribution in [0.4, 0.5) is 0 Å². The Balaban J connectivity index is 2.07. The third-order valence-electron chi connectivity index (χ3n) is 4.58. The third-order valence-corrected chi connectivity index (χ3v) is 6.40. The third kappa shape index (κ3) is 4.37. The largest absolute Gasteiger partial charge is 0.341 e. The Labute approximate surface area is 144 Å². The SMILES string of the molecule is CCCCC=CC1CC1(NC(=O)C(C)C)C(=O)NS(=O)(=O)C1CC1. The van der Waals surface area contributed by atoms with Crippen LogP contribution in [0.15, 0.2) is 12.2 Å². The van der Waals surface area contributed by atoms with E-state index in [-0.39, 0.29) is 17.7 Å². The number of carbonyl (C=O) groups excluding carboxylic acids is 2. The standard InChI is InChI=1S/C17H28N2O4S/c1-4-5-6-7-8-13-11-17(13,18-15(20)12(2)3)16(21)19-24(22,23)14-9-10-14/h7-8,12-14H,4-6,9-11H2,1-3H3,(H,18,20)(H,19,21). The summed E-state index contributed by atoms with van der Waals surface area (Å²) in [5.41, 5.74) is -1.12. The van der Waals surface area contributed by atoms with Gasteiger partial charge in [-0.1, -0.05) is 45.8 Å². The van der Waals surface area contributed by atoms with E-state index in [4.69, 9.17) is 0 Å². The zero-order chi connectivity index (χ0) is 18.0. The summed E-state index contributed by atoms with van der Waals surface area (Å²) in [6.07, 6.45) is 8.65. The summed E-state index contributed by atoms with van der Waals surface area (Å²) in [4.78, 5) is 24.7. The molecule has 7 heteroatoms. The Morgan fingerprint density at radius 1 is 1.29 bits per heavy atom. The quantitative estimate of drug-likeness (QED) is 0.487. The van der Waals surface area contributed by atoms with Gasteiger partial charge in [0, 0.05) is 11.8 Å². The van der Waals surface area contributed by atoms with Gasteiger partial charge in [0.1, 0.15) is 5.54 Å². The molecule has 0 saturated heterocycles. The van der Waals surface area contributed by atoms with Crippen LogP contribution in [0.3, 0.4) is 0 Å². The van der Waals surface area contributed by atoms with Crippen molar-refractivity contribution in [1.82, 2.24) is 10.0 Å². The number of hydrogen-bond donors (Lipinski definition) is 2. The van der Waals surface area contributed by atoms with Crippen molar-refractivity contribution < 1.29 is 18.0 Å². The van der Waals surface area contributed by atoms with Crippen molar-refractivity contribution in [3.05, 3.63) is 12.2 Å². The Kier molecular flexibility index (Phi) is 5.73. The highest BCUT2D eigenvalue weighted by Crippen LogP contribution is 2.45. The van der Waals surface area contributed by atoms with Crippen molar-refractivity contribution in [2.24, 2.45) is 11.8 Å². The molecule has 0 heterocycles. The minimum atomic E-state index is -3.61. The molecule has 2 saturated carbocycles. The van der Waals surface area contributed by atoms with Crippen LogP contribution in [0.1, 0.15) is 59.3 Å². The molecule has 2 aliphatic carbocycles. The lowest BCUT2D eigenvalue weighted by molar-refractivity contribution is -0.130. The first-order chi connectivity index (χ1) is 11.2. The van der Waals surface area contributed by atoms with Crippen LogP contribution >= 0.6 is 0 Å². The number of carbonyl (C=O) groups is 2. The molecule has 6 nitrogen and oxygen atoms in total. The molecular weight excluding hydrogens is 328 g/mol. The van der Waals surface area contributed by atoms with Crippen LogP contribution in [-0.2, 0) is 19.6 Å². The average molecular weight is 356 g/mol. The van der Waals surface area contributed by atoms with E-state index in [1.165, 1.54) is 0 Å². The van der Waals surface area contributed by atoms with Crippen molar-refractivity contribution in [2.45, 2.75) is 70.1 Å². The van der Waals surface area contributed by atoms with E-state index >= 15 is 0 Å². The molecule has 2 unspecified atom stereocenters. The Bertz CT molecular complexity index is 623. The van der Waals surface area contributed by atoms with Gasteiger partial charge in [-0.2, -0.15) is 0 Å². The Hall–Kier alpha value is -1.37. The lowest BCUT2D eigenvalue weighted by Crippen LogP contribution is -2.53. The molecule has 0 bridgehead atoms. The van der Waals surface area contributed by atoms with Gasteiger partial charge in [-0.25, -0.2) is 8.42 Å². The molecule has 2 fully saturated rings. The molecule has 2 N–H and O–H groups in total. The number of allylic oxidation sites excluding steroid dienone is 1. The molecule has 0 spiro atoms. The smallest absolute Gasteiger partial charge is 0.259 e. The molecule has 0 aliphatic heterocycles. The second kappa shape index (κ2) is 7.25. The number of rotatable bonds is 9. The summed E-state index contributed by atoms with van der Waals surface area (Å²) in [6.45, 7) is 5.60. The molecule has 2 aliphatic rings. The zero-order valence-corrected chi connectivity index (χ0v) is 15.5. The molecule has 0 radical (unpaired) electrons. The molecule has 24 heavy (non-hydrogen) atoms. The van der Waals surface area contributed by atoms with E-state index in [1.54, 1.807) is 13.8 Å². The number of hydrogen-bond acceptors (Lipinski definition) is 4. The van der Waals surface area contributed by atoms with E-state index < -0.39 is 26.7 Å². The van der Waals surface area contributed by atoms with Crippen molar-refractivity contribution in [2.75, 3.05) is 0 Å². The molecule has 0 aromatic heterocycles. The summed E-state index contributed by atoms with van der Waals surface area (Å²) in [5.74, 6) is -1.25. The second-order valence-electron chi connectivity index (χ2n) is 7.17. The maximum absolute atomic E-state index is 12.6. The number of amides is 2. The van der Waals surface area contributed by atoms with Crippen LogP contribution in [0, 0.1) is 11.8 Å². The maximum Gasteiger partial charge on any atom is 0.259 e. The van der Waals surface area contributed by atoms with E-state index in [9.17, 15) is 18.0 Å². The van der Waals surface area contributed by atoms with Gasteiger partial charge in [0.15, 0.2) is 0 Å². The van der Waals surface area contributed by atoms with E-state index in [1.807, 2.05) is 12.2 Å². The van der Waals surface area contributed by atoms with Crippen LogP contribution < -0.4 is 10.0 Å². The van der Waals surface area contributed by atoms with Crippen molar-refractivity contribution in [3.8, 4) is 0 Å². The topological polar surface area (TPSA) is 92.3 Å². The fourth-order valence-corrected chi connectivity index (χ4v) is 3.97. The van der Waals surface area contributed by atoms with Crippen LogP contribution in [0.5, 0.6) is 0 Å². The number of nitrogens with one attached hydrogen (secondary N) is 2. The second-order valence-corrected chi connectivity index (χ2v) is 9.13. The van der Waals surface area contributed by atoms with Crippen molar-refractivity contribution in [3.63, 3.8) is 0 Å². The summed E-state index contributed by atoms with van der Waals surface area (Å²) in [6, 6.07) is 0. The number of unbranched alkanes of at least 4 members (excludes halogenated alkanes) is 2. The average Bonchev–Trinajstić information content (AvgIpc) is 3.37. The molecule has 2 amide bonds. The predicted molar refractivity (Wildman–Crippen MR) is 92.6 cm³/mol. The fraction of sp³-hybridized carbons (Fsp3) is 0.765. The highest BCUT2D eigenvalue weighted by atomic mass is 32.2. The highest BCUT2D eigenvalue weighted by molar-refractivity contribution is 7.90. The number of sulfonamides is 1. The molecule has 2 rings (SSSR count). The molecule has 0 aromatic carbocycles. The van der Waals surface area contributed by atoms with Gasteiger partial charge in [-0.3, -0.25) is 14.3 Å². The highest BCUT2D eigenvalue weighted by Gasteiger charge is 2.61. The Morgan fingerprint density at radius 3 is 2.50 bits per heavy atom. The zero-order valence-electron chi connectivity index (χ0n) is 14.7. The van der Waals surface area contributed by atoms with Gasteiger partial charge in [-0.15, -0.1) is 0 Å². The summed E-state index contributed by atoms with van der Waals surface area (Å²) in [5, 5.41) is 2.31. The van der Waals surface area contributed by atoms with Crippen molar-refractivity contribution in [1.29, 1.82) is 0 Å². The van der Waals surface area contributed by atoms with Gasteiger partial charge >= 0.3 is 0 Å². The molecule has 136 valence electrons. The van der Waals surface area contributed by atoms with Crippen LogP contribution in [-0.4, -0.2) is 31.0 Å². The molecule has 0 aromatic rings. The van der Waals surface area contributed by atoms with Crippen LogP contribution in [0.25, 0.3) is 0 Å². The first-order valence-electron chi connectivity index (χ1n) is 8.77. The fourth-order valence-electron chi connectivity index (χ4n) is 2.61. The molecule has 2 atom stereocenters. The lowest BCUT2D eigenvalue weighted by Gasteiger charge is -2.20. The van der Waals surface area contributed by atoms with Crippen LogP contribution in [0.2, 0.25) is 0 Å². The van der Waals surface area contributed by atoms with Gasteiger partial charge in [0.05, 0.1) is 5.25 Å². The predicted octanol–water partition coefficient (Wildman–Crippen LogP) is 1.87. The van der Waals surface area contributed by atoms with E-state index in [0.29, 0.717) is 19.3 Å². The van der Waals surface area contributed by atoms with Crippen molar-refractivity contribution >= 4 is 21.8 Å². The first-order valence-corrected chi connectivity index (χ1v) is 10.3. The molecular formula is C17H28N2O4S. The first kappa shape index (κ1) is 19.0. The van der Waals surface area contributed by atoms with Gasteiger partial charge in [-0.05, 0) is 25.7 Å². The monoisotopic (exact) mass is 356 g/mol.